The zero-order valence-electron chi connectivity index (χ0n) is 14.9. The van der Waals surface area contributed by atoms with Crippen LogP contribution in [0.5, 0.6) is 0 Å². The summed E-state index contributed by atoms with van der Waals surface area (Å²) in [6, 6.07) is 3.09. The summed E-state index contributed by atoms with van der Waals surface area (Å²) in [5.41, 5.74) is -0.0367. The van der Waals surface area contributed by atoms with E-state index in [1.807, 2.05) is 0 Å². The minimum absolute atomic E-state index is 0.0686. The Labute approximate surface area is 143 Å². The third kappa shape index (κ3) is 4.96. The van der Waals surface area contributed by atoms with Gasteiger partial charge < -0.3 is 9.53 Å². The maximum Gasteiger partial charge on any atom is 0.270 e. The molecule has 1 unspecified atom stereocenters. The topological polar surface area (TPSA) is 72.6 Å². The first-order valence-electron chi connectivity index (χ1n) is 7.80. The summed E-state index contributed by atoms with van der Waals surface area (Å²) in [7, 11) is -1.91. The number of aliphatic hydroxyl groups is 1. The Bertz CT molecular complexity index is 626. The van der Waals surface area contributed by atoms with Crippen molar-refractivity contribution in [2.24, 2.45) is 0 Å². The number of nitro benzene ring substituents is 1. The van der Waals surface area contributed by atoms with Crippen molar-refractivity contribution >= 4 is 14.0 Å². The fourth-order valence-corrected chi connectivity index (χ4v) is 2.91. The predicted molar refractivity (Wildman–Crippen MR) is 94.9 cm³/mol. The van der Waals surface area contributed by atoms with Crippen molar-refractivity contribution in [3.05, 3.63) is 51.8 Å². The number of hydrogen-bond donors (Lipinski definition) is 1. The van der Waals surface area contributed by atoms with Crippen LogP contribution in [-0.2, 0) is 4.43 Å². The molecule has 0 heterocycles. The molecular weight excluding hydrogens is 329 g/mol. The van der Waals surface area contributed by atoms with Gasteiger partial charge in [-0.3, -0.25) is 10.1 Å². The summed E-state index contributed by atoms with van der Waals surface area (Å²) < 4.78 is 19.9. The van der Waals surface area contributed by atoms with Gasteiger partial charge in [-0.2, -0.15) is 0 Å². The monoisotopic (exact) mass is 355 g/mol. The summed E-state index contributed by atoms with van der Waals surface area (Å²) in [5.74, 6) is -0.695. The molecule has 0 radical (unpaired) electrons. The highest BCUT2D eigenvalue weighted by atomic mass is 28.4. The highest BCUT2D eigenvalue weighted by molar-refractivity contribution is 6.74. The van der Waals surface area contributed by atoms with Crippen LogP contribution in [0.3, 0.4) is 0 Å². The van der Waals surface area contributed by atoms with E-state index in [-0.39, 0.29) is 16.3 Å². The average molecular weight is 355 g/mol. The molecule has 0 amide bonds. The zero-order chi connectivity index (χ0) is 18.7. The predicted octanol–water partition coefficient (Wildman–Crippen LogP) is 4.74. The highest BCUT2D eigenvalue weighted by Crippen LogP contribution is 2.37. The molecule has 1 N–H and O–H groups in total. The van der Waals surface area contributed by atoms with Crippen molar-refractivity contribution < 1.29 is 18.8 Å². The summed E-state index contributed by atoms with van der Waals surface area (Å²) in [6.07, 6.45) is -0.941. The van der Waals surface area contributed by atoms with Gasteiger partial charge in [0.1, 0.15) is 11.9 Å². The standard InChI is InChI=1S/C17H26FNO4Si/c1-12(9-10-23-24(5,6)17(2,3)4)16(20)14-11-13(19(21)22)7-8-15(14)18/h7-8,11,16,20H,1,9-10H2,2-6H3. The molecule has 0 aliphatic heterocycles. The van der Waals surface area contributed by atoms with Crippen molar-refractivity contribution in [3.8, 4) is 0 Å². The van der Waals surface area contributed by atoms with Crippen molar-refractivity contribution in [2.75, 3.05) is 6.61 Å². The molecule has 0 fully saturated rings. The molecule has 24 heavy (non-hydrogen) atoms. The molecule has 0 aliphatic rings. The number of rotatable bonds is 7. The third-order valence-electron chi connectivity index (χ3n) is 4.56. The van der Waals surface area contributed by atoms with Gasteiger partial charge in [0, 0.05) is 24.3 Å². The molecular formula is C17H26FNO4Si. The van der Waals surface area contributed by atoms with E-state index in [2.05, 4.69) is 40.4 Å². The number of benzene rings is 1. The number of nitrogens with zero attached hydrogens (tertiary/aromatic N) is 1. The Morgan fingerprint density at radius 2 is 2.04 bits per heavy atom. The maximum absolute atomic E-state index is 13.9. The Kier molecular flexibility index (Phi) is 6.43. The second kappa shape index (κ2) is 7.54. The molecule has 0 bridgehead atoms. The summed E-state index contributed by atoms with van der Waals surface area (Å²) in [5, 5.41) is 21.1. The van der Waals surface area contributed by atoms with Crippen LogP contribution in [0.4, 0.5) is 10.1 Å². The number of hydrogen-bond acceptors (Lipinski definition) is 4. The lowest BCUT2D eigenvalue weighted by Crippen LogP contribution is -2.41. The van der Waals surface area contributed by atoms with E-state index in [9.17, 15) is 19.6 Å². The molecule has 1 aromatic carbocycles. The number of aliphatic hydroxyl groups excluding tert-OH is 1. The molecule has 0 saturated carbocycles. The van der Waals surface area contributed by atoms with Crippen LogP contribution in [0.2, 0.25) is 18.1 Å². The van der Waals surface area contributed by atoms with E-state index in [0.29, 0.717) is 18.6 Å². The molecule has 134 valence electrons. The lowest BCUT2D eigenvalue weighted by Gasteiger charge is -2.36. The molecule has 0 aromatic heterocycles. The smallest absolute Gasteiger partial charge is 0.270 e. The summed E-state index contributed by atoms with van der Waals surface area (Å²) >= 11 is 0. The van der Waals surface area contributed by atoms with Gasteiger partial charge in [-0.1, -0.05) is 27.4 Å². The lowest BCUT2D eigenvalue weighted by molar-refractivity contribution is -0.385. The molecule has 1 aromatic rings. The van der Waals surface area contributed by atoms with Crippen molar-refractivity contribution in [1.82, 2.24) is 0 Å². The van der Waals surface area contributed by atoms with Gasteiger partial charge in [-0.15, -0.1) is 0 Å². The van der Waals surface area contributed by atoms with Gasteiger partial charge in [0.15, 0.2) is 8.32 Å². The van der Waals surface area contributed by atoms with Crippen molar-refractivity contribution in [1.29, 1.82) is 0 Å². The van der Waals surface area contributed by atoms with E-state index in [0.717, 1.165) is 18.2 Å². The number of non-ortho nitro benzene ring substituents is 1. The van der Waals surface area contributed by atoms with Crippen LogP contribution in [0.1, 0.15) is 38.9 Å². The van der Waals surface area contributed by atoms with Gasteiger partial charge in [0.2, 0.25) is 0 Å². The van der Waals surface area contributed by atoms with Gasteiger partial charge in [-0.25, -0.2) is 4.39 Å². The Morgan fingerprint density at radius 3 is 2.54 bits per heavy atom. The second-order valence-electron chi connectivity index (χ2n) is 7.38. The molecule has 1 atom stereocenters. The van der Waals surface area contributed by atoms with Crippen LogP contribution < -0.4 is 0 Å². The SMILES string of the molecule is C=C(CCO[Si](C)(C)C(C)(C)C)C(O)c1cc([N+](=O)[O-])ccc1F. The Hall–Kier alpha value is -1.57. The number of nitro groups is 1. The largest absolute Gasteiger partial charge is 0.417 e. The molecule has 0 spiro atoms. The van der Waals surface area contributed by atoms with E-state index >= 15 is 0 Å². The minimum atomic E-state index is -1.91. The minimum Gasteiger partial charge on any atom is -0.417 e. The van der Waals surface area contributed by atoms with E-state index in [1.54, 1.807) is 0 Å². The highest BCUT2D eigenvalue weighted by Gasteiger charge is 2.37. The Morgan fingerprint density at radius 1 is 1.46 bits per heavy atom. The first-order chi connectivity index (χ1) is 10.9. The van der Waals surface area contributed by atoms with Crippen molar-refractivity contribution in [2.45, 2.75) is 51.4 Å². The fourth-order valence-electron chi connectivity index (χ4n) is 1.86. The van der Waals surface area contributed by atoms with E-state index in [4.69, 9.17) is 4.43 Å². The van der Waals surface area contributed by atoms with Crippen LogP contribution in [-0.4, -0.2) is 25.0 Å². The van der Waals surface area contributed by atoms with E-state index < -0.39 is 25.2 Å². The van der Waals surface area contributed by atoms with Gasteiger partial charge in [0.25, 0.3) is 5.69 Å². The Balaban J connectivity index is 2.76. The zero-order valence-corrected chi connectivity index (χ0v) is 15.9. The van der Waals surface area contributed by atoms with Crippen LogP contribution in [0.25, 0.3) is 0 Å². The quantitative estimate of drug-likeness (QED) is 0.332. The molecule has 0 saturated heterocycles. The number of halogens is 1. The summed E-state index contributed by atoms with van der Waals surface area (Å²) in [4.78, 5) is 10.2. The van der Waals surface area contributed by atoms with Crippen molar-refractivity contribution in [3.63, 3.8) is 0 Å². The van der Waals surface area contributed by atoms with Gasteiger partial charge in [-0.05, 0) is 36.2 Å². The molecule has 7 heteroatoms. The molecule has 5 nitrogen and oxygen atoms in total. The van der Waals surface area contributed by atoms with Crippen LogP contribution in [0, 0.1) is 15.9 Å². The lowest BCUT2D eigenvalue weighted by atomic mass is 10.00. The van der Waals surface area contributed by atoms with Crippen LogP contribution >= 0.6 is 0 Å². The molecule has 1 rings (SSSR count). The average Bonchev–Trinajstić information content (AvgIpc) is 2.45. The fraction of sp³-hybridized carbons (Fsp3) is 0.529. The third-order valence-corrected chi connectivity index (χ3v) is 9.10. The maximum atomic E-state index is 13.9. The summed E-state index contributed by atoms with van der Waals surface area (Å²) in [6.45, 7) is 14.8. The first kappa shape index (κ1) is 20.5. The van der Waals surface area contributed by atoms with Crippen LogP contribution in [0.15, 0.2) is 30.4 Å². The van der Waals surface area contributed by atoms with E-state index in [1.165, 1.54) is 0 Å². The normalized spacial score (nSPS) is 13.6. The molecule has 0 aliphatic carbocycles. The van der Waals surface area contributed by atoms with Gasteiger partial charge >= 0.3 is 0 Å². The van der Waals surface area contributed by atoms with Gasteiger partial charge in [0.05, 0.1) is 4.92 Å². The second-order valence-corrected chi connectivity index (χ2v) is 12.2. The first-order valence-corrected chi connectivity index (χ1v) is 10.7.